The number of hydrogen-bond acceptors (Lipinski definition) is 5. The second kappa shape index (κ2) is 7.66. The molecule has 1 fully saturated rings. The Morgan fingerprint density at radius 2 is 2.00 bits per heavy atom. The number of amides is 2. The summed E-state index contributed by atoms with van der Waals surface area (Å²) in [6.07, 6.45) is 1.57. The van der Waals surface area contributed by atoms with Crippen LogP contribution in [0.25, 0.3) is 10.9 Å². The van der Waals surface area contributed by atoms with Crippen LogP contribution in [0.4, 0.5) is 15.8 Å². The number of thiocarbonyl (C=S) groups is 1. The molecule has 32 heavy (non-hydrogen) atoms. The fourth-order valence-electron chi connectivity index (χ4n) is 3.85. The van der Waals surface area contributed by atoms with Crippen LogP contribution in [0.2, 0.25) is 0 Å². The second-order valence-electron chi connectivity index (χ2n) is 7.70. The molecular weight excluding hydrogens is 429 g/mol. The Hall–Kier alpha value is -3.90. The predicted molar refractivity (Wildman–Crippen MR) is 123 cm³/mol. The maximum atomic E-state index is 14.7. The summed E-state index contributed by atoms with van der Waals surface area (Å²) in [4.78, 5) is 32.5. The molecule has 0 aliphatic carbocycles. The highest BCUT2D eigenvalue weighted by molar-refractivity contribution is 7.81. The fraction of sp³-hybridized carbons (Fsp3) is 0.174. The van der Waals surface area contributed by atoms with Crippen molar-refractivity contribution >= 4 is 51.4 Å². The molecule has 0 radical (unpaired) electrons. The van der Waals surface area contributed by atoms with Gasteiger partial charge in [0.25, 0.3) is 11.8 Å². The number of aromatic nitrogens is 1. The highest BCUT2D eigenvalue weighted by atomic mass is 32.1. The smallest absolute Gasteiger partial charge is 0.259 e. The molecule has 160 valence electrons. The minimum atomic E-state index is -1.12. The molecule has 2 amide bonds. The van der Waals surface area contributed by atoms with Gasteiger partial charge >= 0.3 is 0 Å². The summed E-state index contributed by atoms with van der Waals surface area (Å²) in [6, 6.07) is 12.9. The van der Waals surface area contributed by atoms with Gasteiger partial charge in [0.2, 0.25) is 0 Å². The summed E-state index contributed by atoms with van der Waals surface area (Å²) in [5.74, 6) is -1.58. The lowest BCUT2D eigenvalue weighted by atomic mass is 10.0. The lowest BCUT2D eigenvalue weighted by Crippen LogP contribution is -2.44. The molecule has 0 atom stereocenters. The van der Waals surface area contributed by atoms with E-state index in [1.54, 1.807) is 55.3 Å². The third-order valence-corrected chi connectivity index (χ3v) is 5.82. The second-order valence-corrected chi connectivity index (χ2v) is 8.07. The number of carbonyl (C=O) groups excluding carboxylic acids is 2. The molecule has 1 aliphatic rings. The van der Waals surface area contributed by atoms with Crippen LogP contribution in [0, 0.1) is 17.1 Å². The third-order valence-electron chi connectivity index (χ3n) is 5.46. The zero-order chi connectivity index (χ0) is 23.2. The molecule has 2 heterocycles. The number of pyridine rings is 1. The van der Waals surface area contributed by atoms with E-state index in [2.05, 4.69) is 16.4 Å². The SMILES string of the molecule is CNC(=O)c1ccc(N2C(=S)N(c3ccc(C#N)c4ncccc34)C(=O)C2(C)C)cc1F. The first-order chi connectivity index (χ1) is 15.2. The van der Waals surface area contributed by atoms with E-state index in [0.717, 1.165) is 0 Å². The van der Waals surface area contributed by atoms with Gasteiger partial charge in [0.15, 0.2) is 5.11 Å². The van der Waals surface area contributed by atoms with Crippen LogP contribution < -0.4 is 15.1 Å². The van der Waals surface area contributed by atoms with Crippen LogP contribution in [0.5, 0.6) is 0 Å². The van der Waals surface area contributed by atoms with E-state index in [1.165, 1.54) is 24.1 Å². The van der Waals surface area contributed by atoms with Gasteiger partial charge in [0.05, 0.1) is 22.3 Å². The van der Waals surface area contributed by atoms with Gasteiger partial charge in [-0.05, 0) is 68.5 Å². The van der Waals surface area contributed by atoms with Gasteiger partial charge in [0.1, 0.15) is 17.4 Å². The van der Waals surface area contributed by atoms with Gasteiger partial charge in [-0.3, -0.25) is 19.5 Å². The van der Waals surface area contributed by atoms with E-state index >= 15 is 0 Å². The predicted octanol–water partition coefficient (Wildman–Crippen LogP) is 3.52. The van der Waals surface area contributed by atoms with Crippen molar-refractivity contribution < 1.29 is 14.0 Å². The fourth-order valence-corrected chi connectivity index (χ4v) is 4.36. The standard InChI is InChI=1S/C23H18FN5O2S/c1-23(2)21(31)28(18-9-6-13(12-25)19-16(18)5-4-10-27-19)22(32)29(23)14-7-8-15(17(24)11-14)20(30)26-3/h4-11H,1-3H3,(H,26,30). The monoisotopic (exact) mass is 447 g/mol. The molecule has 1 aliphatic heterocycles. The molecular formula is C23H18FN5O2S. The van der Waals surface area contributed by atoms with E-state index in [4.69, 9.17) is 12.2 Å². The lowest BCUT2D eigenvalue weighted by Gasteiger charge is -2.29. The van der Waals surface area contributed by atoms with Crippen LogP contribution in [0.1, 0.15) is 29.8 Å². The molecule has 0 bridgehead atoms. The van der Waals surface area contributed by atoms with Crippen molar-refractivity contribution in [2.75, 3.05) is 16.8 Å². The normalized spacial score (nSPS) is 15.2. The summed E-state index contributed by atoms with van der Waals surface area (Å²) in [7, 11) is 1.42. The number of carbonyl (C=O) groups is 2. The summed E-state index contributed by atoms with van der Waals surface area (Å²) in [5, 5.41) is 12.5. The van der Waals surface area contributed by atoms with Crippen LogP contribution in [-0.2, 0) is 4.79 Å². The summed E-state index contributed by atoms with van der Waals surface area (Å²) in [5.41, 5.74) is 0.439. The van der Waals surface area contributed by atoms with Crippen molar-refractivity contribution in [2.45, 2.75) is 19.4 Å². The number of rotatable bonds is 3. The first kappa shape index (κ1) is 21.3. The minimum absolute atomic E-state index is 0.105. The van der Waals surface area contributed by atoms with Gasteiger partial charge in [-0.1, -0.05) is 0 Å². The largest absolute Gasteiger partial charge is 0.355 e. The Morgan fingerprint density at radius 3 is 2.66 bits per heavy atom. The molecule has 1 saturated heterocycles. The molecule has 3 aromatic rings. The Labute approximate surface area is 189 Å². The number of nitrogens with one attached hydrogen (secondary N) is 1. The molecule has 0 unspecified atom stereocenters. The molecule has 2 aromatic carbocycles. The van der Waals surface area contributed by atoms with Crippen LogP contribution >= 0.6 is 12.2 Å². The van der Waals surface area contributed by atoms with Crippen molar-refractivity contribution in [1.82, 2.24) is 10.3 Å². The van der Waals surface area contributed by atoms with Gasteiger partial charge in [-0.2, -0.15) is 5.26 Å². The Bertz CT molecular complexity index is 1350. The maximum absolute atomic E-state index is 14.7. The molecule has 0 saturated carbocycles. The quantitative estimate of drug-likeness (QED) is 0.618. The molecule has 1 N–H and O–H groups in total. The number of halogens is 1. The van der Waals surface area contributed by atoms with Crippen LogP contribution in [0.15, 0.2) is 48.7 Å². The van der Waals surface area contributed by atoms with Gasteiger partial charge in [-0.15, -0.1) is 0 Å². The minimum Gasteiger partial charge on any atom is -0.355 e. The molecule has 0 spiro atoms. The average Bonchev–Trinajstić information content (AvgIpc) is 2.96. The number of benzene rings is 2. The Balaban J connectivity index is 1.84. The number of hydrogen-bond donors (Lipinski definition) is 1. The zero-order valence-corrected chi connectivity index (χ0v) is 18.3. The number of nitrogens with zero attached hydrogens (tertiary/aromatic N) is 4. The van der Waals surface area contributed by atoms with E-state index in [0.29, 0.717) is 27.8 Å². The van der Waals surface area contributed by atoms with Gasteiger partial charge < -0.3 is 10.2 Å². The highest BCUT2D eigenvalue weighted by Gasteiger charge is 2.50. The van der Waals surface area contributed by atoms with Gasteiger partial charge in [-0.25, -0.2) is 4.39 Å². The van der Waals surface area contributed by atoms with Crippen LogP contribution in [-0.4, -0.2) is 34.5 Å². The highest BCUT2D eigenvalue weighted by Crippen LogP contribution is 2.39. The first-order valence-electron chi connectivity index (χ1n) is 9.70. The van der Waals surface area contributed by atoms with E-state index in [9.17, 15) is 19.2 Å². The van der Waals surface area contributed by atoms with Crippen molar-refractivity contribution in [3.8, 4) is 6.07 Å². The molecule has 1 aromatic heterocycles. The van der Waals surface area contributed by atoms with Gasteiger partial charge in [0, 0.05) is 24.3 Å². The van der Waals surface area contributed by atoms with Crippen molar-refractivity contribution in [3.05, 3.63) is 65.6 Å². The van der Waals surface area contributed by atoms with Crippen LogP contribution in [0.3, 0.4) is 0 Å². The molecule has 4 rings (SSSR count). The van der Waals surface area contributed by atoms with E-state index in [-0.39, 0.29) is 16.6 Å². The average molecular weight is 447 g/mol. The summed E-state index contributed by atoms with van der Waals surface area (Å²) >= 11 is 5.67. The first-order valence-corrected chi connectivity index (χ1v) is 10.1. The Morgan fingerprint density at radius 1 is 1.25 bits per heavy atom. The number of anilines is 2. The van der Waals surface area contributed by atoms with E-state index < -0.39 is 17.3 Å². The van der Waals surface area contributed by atoms with Crippen molar-refractivity contribution in [2.24, 2.45) is 0 Å². The third kappa shape index (κ3) is 3.08. The zero-order valence-electron chi connectivity index (χ0n) is 17.5. The topological polar surface area (TPSA) is 89.3 Å². The van der Waals surface area contributed by atoms with E-state index in [1.807, 2.05) is 0 Å². The molecule has 9 heteroatoms. The lowest BCUT2D eigenvalue weighted by molar-refractivity contribution is -0.120. The molecule has 7 nitrogen and oxygen atoms in total. The maximum Gasteiger partial charge on any atom is 0.259 e. The number of fused-ring (bicyclic) bond motifs is 1. The van der Waals surface area contributed by atoms with Crippen molar-refractivity contribution in [1.29, 1.82) is 5.26 Å². The van der Waals surface area contributed by atoms with Crippen molar-refractivity contribution in [3.63, 3.8) is 0 Å². The number of nitriles is 1. The summed E-state index contributed by atoms with van der Waals surface area (Å²) < 4.78 is 14.7. The Kier molecular flexibility index (Phi) is 5.11. The summed E-state index contributed by atoms with van der Waals surface area (Å²) in [6.45, 7) is 3.38.